The molecule has 0 saturated heterocycles. The van der Waals surface area contributed by atoms with Gasteiger partial charge in [0.05, 0.1) is 23.5 Å². The first kappa shape index (κ1) is 22.3. The Hall–Kier alpha value is -3.37. The van der Waals surface area contributed by atoms with Crippen LogP contribution in [0.5, 0.6) is 5.75 Å². The molecule has 3 rings (SSSR count). The number of hydrogen-bond acceptors (Lipinski definition) is 7. The van der Waals surface area contributed by atoms with E-state index < -0.39 is 12.1 Å². The van der Waals surface area contributed by atoms with Gasteiger partial charge in [-0.25, -0.2) is 4.98 Å². The van der Waals surface area contributed by atoms with Crippen molar-refractivity contribution in [2.24, 2.45) is 5.73 Å². The Morgan fingerprint density at radius 3 is 2.84 bits per heavy atom. The smallest absolute Gasteiger partial charge is 0.248 e. The zero-order chi connectivity index (χ0) is 22.5. The van der Waals surface area contributed by atoms with Crippen molar-refractivity contribution in [3.8, 4) is 5.75 Å². The molecule has 1 aromatic carbocycles. The zero-order valence-corrected chi connectivity index (χ0v) is 17.7. The maximum absolute atomic E-state index is 11.8. The van der Waals surface area contributed by atoms with E-state index >= 15 is 0 Å². The Kier molecular flexibility index (Phi) is 6.93. The van der Waals surface area contributed by atoms with Crippen LogP contribution in [0.15, 0.2) is 30.9 Å². The van der Waals surface area contributed by atoms with Gasteiger partial charge in [0.1, 0.15) is 11.3 Å². The van der Waals surface area contributed by atoms with Gasteiger partial charge in [-0.3, -0.25) is 9.48 Å². The number of rotatable bonds is 11. The number of aromatic nitrogens is 4. The molecule has 2 heterocycles. The second kappa shape index (κ2) is 9.63. The van der Waals surface area contributed by atoms with E-state index in [2.05, 4.69) is 22.0 Å². The minimum Gasteiger partial charge on any atom is -0.491 e. The number of benzene rings is 1. The zero-order valence-electron chi connectivity index (χ0n) is 17.7. The lowest BCUT2D eigenvalue weighted by Crippen LogP contribution is -2.18. The van der Waals surface area contributed by atoms with Gasteiger partial charge in [0.15, 0.2) is 6.23 Å². The number of fused-ring (bicyclic) bond motifs is 1. The highest BCUT2D eigenvalue weighted by molar-refractivity contribution is 5.98. The molecular formula is C21H28N6O4. The number of aryl methyl sites for hydroxylation is 2. The molecule has 0 saturated carbocycles. The van der Waals surface area contributed by atoms with Gasteiger partial charge in [0, 0.05) is 31.7 Å². The fourth-order valence-corrected chi connectivity index (χ4v) is 3.38. The van der Waals surface area contributed by atoms with Gasteiger partial charge in [0.25, 0.3) is 0 Å². The Morgan fingerprint density at radius 1 is 1.42 bits per heavy atom. The van der Waals surface area contributed by atoms with Crippen molar-refractivity contribution in [2.75, 3.05) is 18.5 Å². The lowest BCUT2D eigenvalue weighted by molar-refractivity contribution is 0.1000. The number of hydrogen-bond donors (Lipinski definition) is 4. The molecule has 0 fully saturated rings. The second-order valence-electron chi connectivity index (χ2n) is 7.04. The number of anilines is 1. The molecule has 0 bridgehead atoms. The van der Waals surface area contributed by atoms with Gasteiger partial charge in [-0.2, -0.15) is 5.10 Å². The van der Waals surface area contributed by atoms with Crippen molar-refractivity contribution >= 4 is 22.9 Å². The van der Waals surface area contributed by atoms with Gasteiger partial charge >= 0.3 is 0 Å². The molecule has 3 aromatic rings. The van der Waals surface area contributed by atoms with E-state index in [1.54, 1.807) is 33.5 Å². The Labute approximate surface area is 179 Å². The normalized spacial score (nSPS) is 12.1. The molecule has 0 aliphatic heterocycles. The number of aliphatic hydroxyl groups is 2. The quantitative estimate of drug-likeness (QED) is 0.207. The topological polar surface area (TPSA) is 140 Å². The third-order valence-electron chi connectivity index (χ3n) is 4.74. The molecule has 0 radical (unpaired) electrons. The van der Waals surface area contributed by atoms with E-state index in [1.807, 2.05) is 13.8 Å². The first-order valence-electron chi connectivity index (χ1n) is 10.1. The average molecular weight is 428 g/mol. The number of nitrogens with zero attached hydrogens (tertiary/aromatic N) is 4. The summed E-state index contributed by atoms with van der Waals surface area (Å²) in [5.41, 5.74) is 8.23. The molecule has 10 nitrogen and oxygen atoms in total. The number of nitrogens with one attached hydrogen (secondary N) is 1. The van der Waals surface area contributed by atoms with Gasteiger partial charge < -0.3 is 30.6 Å². The Balaban J connectivity index is 2.08. The summed E-state index contributed by atoms with van der Waals surface area (Å²) in [6.07, 6.45) is 1.07. The number of allylic oxidation sites excluding steroid dienone is 1. The fourth-order valence-electron chi connectivity index (χ4n) is 3.38. The predicted octanol–water partition coefficient (Wildman–Crippen LogP) is 1.71. The van der Waals surface area contributed by atoms with Crippen LogP contribution in [-0.2, 0) is 13.1 Å². The number of primary amides is 1. The molecule has 2 aromatic heterocycles. The van der Waals surface area contributed by atoms with Crippen molar-refractivity contribution in [3.63, 3.8) is 0 Å². The number of carbonyl (C=O) groups is 1. The summed E-state index contributed by atoms with van der Waals surface area (Å²) in [7, 11) is 0. The summed E-state index contributed by atoms with van der Waals surface area (Å²) >= 11 is 0. The van der Waals surface area contributed by atoms with Crippen LogP contribution in [0.2, 0.25) is 0 Å². The van der Waals surface area contributed by atoms with Crippen LogP contribution >= 0.6 is 0 Å². The summed E-state index contributed by atoms with van der Waals surface area (Å²) in [5, 5.41) is 27.3. The number of imidazole rings is 1. The van der Waals surface area contributed by atoms with Crippen LogP contribution in [0.1, 0.15) is 41.3 Å². The maximum Gasteiger partial charge on any atom is 0.248 e. The van der Waals surface area contributed by atoms with Gasteiger partial charge in [0.2, 0.25) is 11.9 Å². The largest absolute Gasteiger partial charge is 0.491 e. The molecule has 0 spiro atoms. The summed E-state index contributed by atoms with van der Waals surface area (Å²) in [4.78, 5) is 16.4. The molecule has 1 atom stereocenters. The first-order chi connectivity index (χ1) is 14.9. The fraction of sp³-hybridized carbons (Fsp3) is 0.381. The standard InChI is InChI=1S/C21H28N6O4/c1-4-7-26-18-15(11-14(19(22)29)12-17(18)31-9-6-8-28)23-21(26)24-20(30)16-10-13(3)25-27(16)5-2/h4,10-12,20,28,30H,1,5-9H2,2-3H3,(H2,22,29)(H,23,24). The number of nitrogens with two attached hydrogens (primary N) is 1. The predicted molar refractivity (Wildman–Crippen MR) is 117 cm³/mol. The summed E-state index contributed by atoms with van der Waals surface area (Å²) in [5.74, 6) is 0.174. The van der Waals surface area contributed by atoms with E-state index in [1.165, 1.54) is 0 Å². The minimum absolute atomic E-state index is 0.0197. The first-order valence-corrected chi connectivity index (χ1v) is 10.1. The molecule has 10 heteroatoms. The Morgan fingerprint density at radius 2 is 2.19 bits per heavy atom. The van der Waals surface area contributed by atoms with E-state index in [0.717, 1.165) is 5.69 Å². The summed E-state index contributed by atoms with van der Waals surface area (Å²) in [6.45, 7) is 8.82. The monoisotopic (exact) mass is 428 g/mol. The Bertz CT molecular complexity index is 1090. The van der Waals surface area contributed by atoms with E-state index in [-0.39, 0.29) is 18.8 Å². The summed E-state index contributed by atoms with van der Waals surface area (Å²) in [6, 6.07) is 4.93. The minimum atomic E-state index is -1.06. The van der Waals surface area contributed by atoms with Crippen molar-refractivity contribution in [3.05, 3.63) is 47.8 Å². The molecular weight excluding hydrogens is 400 g/mol. The van der Waals surface area contributed by atoms with Crippen LogP contribution in [0, 0.1) is 6.92 Å². The van der Waals surface area contributed by atoms with Crippen LogP contribution in [-0.4, -0.2) is 48.7 Å². The SMILES string of the molecule is C=CCn1c(NC(O)c2cc(C)nn2CC)nc2cc(C(N)=O)cc(OCCCO)c21. The summed E-state index contributed by atoms with van der Waals surface area (Å²) < 4.78 is 9.32. The van der Waals surface area contributed by atoms with Crippen LogP contribution < -0.4 is 15.8 Å². The lowest BCUT2D eigenvalue weighted by Gasteiger charge is -2.16. The van der Waals surface area contributed by atoms with Crippen molar-refractivity contribution in [1.29, 1.82) is 0 Å². The van der Waals surface area contributed by atoms with E-state index in [9.17, 15) is 9.90 Å². The van der Waals surface area contributed by atoms with E-state index in [0.29, 0.717) is 47.9 Å². The van der Waals surface area contributed by atoms with E-state index in [4.69, 9.17) is 15.6 Å². The third-order valence-corrected chi connectivity index (χ3v) is 4.74. The maximum atomic E-state index is 11.8. The molecule has 1 unspecified atom stereocenters. The number of aliphatic hydroxyl groups excluding tert-OH is 2. The van der Waals surface area contributed by atoms with Gasteiger partial charge in [-0.1, -0.05) is 6.08 Å². The number of carbonyl (C=O) groups excluding carboxylic acids is 1. The highest BCUT2D eigenvalue weighted by atomic mass is 16.5. The molecule has 5 N–H and O–H groups in total. The third kappa shape index (κ3) is 4.70. The van der Waals surface area contributed by atoms with Gasteiger partial charge in [-0.15, -0.1) is 6.58 Å². The van der Waals surface area contributed by atoms with Crippen molar-refractivity contribution in [2.45, 2.75) is 39.6 Å². The lowest BCUT2D eigenvalue weighted by atomic mass is 10.1. The number of ether oxygens (including phenoxy) is 1. The molecule has 31 heavy (non-hydrogen) atoms. The van der Waals surface area contributed by atoms with Crippen LogP contribution in [0.4, 0.5) is 5.95 Å². The van der Waals surface area contributed by atoms with Crippen LogP contribution in [0.25, 0.3) is 11.0 Å². The van der Waals surface area contributed by atoms with Crippen molar-refractivity contribution in [1.82, 2.24) is 19.3 Å². The highest BCUT2D eigenvalue weighted by Crippen LogP contribution is 2.32. The molecule has 0 aliphatic rings. The number of amides is 1. The highest BCUT2D eigenvalue weighted by Gasteiger charge is 2.21. The second-order valence-corrected chi connectivity index (χ2v) is 7.04. The average Bonchev–Trinajstić information content (AvgIpc) is 3.28. The molecule has 1 amide bonds. The van der Waals surface area contributed by atoms with Crippen molar-refractivity contribution < 1.29 is 19.7 Å². The molecule has 0 aliphatic carbocycles. The van der Waals surface area contributed by atoms with Crippen LogP contribution in [0.3, 0.4) is 0 Å². The molecule has 166 valence electrons. The van der Waals surface area contributed by atoms with Gasteiger partial charge in [-0.05, 0) is 32.0 Å².